The first-order valence-electron chi connectivity index (χ1n) is 14.8. The third-order valence-corrected chi connectivity index (χ3v) is 9.03. The number of unbranched alkanes of at least 4 members (excludes halogenated alkanes) is 3. The molecule has 1 aliphatic heterocycles. The molecule has 0 atom stereocenters. The number of hydrogen-bond donors (Lipinski definition) is 1. The summed E-state index contributed by atoms with van der Waals surface area (Å²) in [7, 11) is -3.74. The molecule has 0 radical (unpaired) electrons. The molecular formula is C34H35ClN4O4S. The minimum atomic E-state index is -3.74. The summed E-state index contributed by atoms with van der Waals surface area (Å²) in [6, 6.07) is 24.4. The van der Waals surface area contributed by atoms with Gasteiger partial charge in [-0.15, -0.1) is 0 Å². The molecule has 44 heavy (non-hydrogen) atoms. The highest BCUT2D eigenvalue weighted by molar-refractivity contribution is 7.89. The number of nitrogens with zero attached hydrogens (tertiary/aromatic N) is 3. The smallest absolute Gasteiger partial charge is 0.239 e. The van der Waals surface area contributed by atoms with E-state index in [2.05, 4.69) is 4.72 Å². The second kappa shape index (κ2) is 14.1. The Hall–Kier alpha value is -4.08. The molecule has 228 valence electrons. The predicted molar refractivity (Wildman–Crippen MR) is 174 cm³/mol. The molecule has 0 bridgehead atoms. The number of rotatable bonds is 12. The van der Waals surface area contributed by atoms with E-state index in [0.29, 0.717) is 47.9 Å². The molecular weight excluding hydrogens is 596 g/mol. The van der Waals surface area contributed by atoms with Gasteiger partial charge in [0.05, 0.1) is 22.8 Å². The first kappa shape index (κ1) is 31.3. The first-order chi connectivity index (χ1) is 21.2. The topological polar surface area (TPSA) is 109 Å². The number of sulfonamides is 1. The Morgan fingerprint density at radius 1 is 0.841 bits per heavy atom. The predicted octanol–water partition coefficient (Wildman–Crippen LogP) is 6.65. The van der Waals surface area contributed by atoms with Gasteiger partial charge >= 0.3 is 0 Å². The summed E-state index contributed by atoms with van der Waals surface area (Å²) in [5.41, 5.74) is 5.83. The van der Waals surface area contributed by atoms with E-state index >= 15 is 0 Å². The van der Waals surface area contributed by atoms with E-state index in [0.717, 1.165) is 47.3 Å². The van der Waals surface area contributed by atoms with Crippen molar-refractivity contribution in [3.05, 3.63) is 101 Å². The average molecular weight is 631 g/mol. The Bertz CT molecular complexity index is 1730. The third-order valence-electron chi connectivity index (χ3n) is 7.53. The van der Waals surface area contributed by atoms with Crippen LogP contribution in [0.25, 0.3) is 22.5 Å². The van der Waals surface area contributed by atoms with Gasteiger partial charge in [0.25, 0.3) is 0 Å². The molecule has 0 saturated carbocycles. The van der Waals surface area contributed by atoms with Gasteiger partial charge in [0.15, 0.2) is 5.82 Å². The monoisotopic (exact) mass is 630 g/mol. The van der Waals surface area contributed by atoms with E-state index in [1.54, 1.807) is 29.2 Å². The van der Waals surface area contributed by atoms with Crippen LogP contribution in [0.5, 0.6) is 0 Å². The van der Waals surface area contributed by atoms with E-state index in [4.69, 9.17) is 21.6 Å². The normalized spacial score (nSPS) is 13.0. The molecule has 0 fully saturated rings. The maximum Gasteiger partial charge on any atom is 0.239 e. The molecule has 0 unspecified atom stereocenters. The van der Waals surface area contributed by atoms with E-state index in [9.17, 15) is 18.0 Å². The van der Waals surface area contributed by atoms with Gasteiger partial charge in [-0.25, -0.2) is 18.4 Å². The fraction of sp³-hybridized carbons (Fsp3) is 0.294. The highest BCUT2D eigenvalue weighted by Gasteiger charge is 2.28. The van der Waals surface area contributed by atoms with Gasteiger partial charge in [-0.05, 0) is 37.5 Å². The molecule has 8 nitrogen and oxygen atoms in total. The van der Waals surface area contributed by atoms with E-state index in [1.807, 2.05) is 61.5 Å². The summed E-state index contributed by atoms with van der Waals surface area (Å²) < 4.78 is 26.8. The molecule has 3 aromatic carbocycles. The van der Waals surface area contributed by atoms with Crippen LogP contribution >= 0.6 is 11.6 Å². The van der Waals surface area contributed by atoms with E-state index in [-0.39, 0.29) is 18.1 Å². The van der Waals surface area contributed by atoms with Gasteiger partial charge in [-0.2, -0.15) is 0 Å². The maximum atomic E-state index is 13.0. The molecule has 4 aromatic rings. The van der Waals surface area contributed by atoms with Crippen molar-refractivity contribution in [3.8, 4) is 22.5 Å². The average Bonchev–Trinajstić information content (AvgIpc) is 3.00. The van der Waals surface area contributed by atoms with Gasteiger partial charge < -0.3 is 0 Å². The number of aryl methyl sites for hydroxylation is 2. The molecule has 10 heteroatoms. The summed E-state index contributed by atoms with van der Waals surface area (Å²) in [5, 5.41) is 0.641. The van der Waals surface area contributed by atoms with Crippen molar-refractivity contribution >= 4 is 39.3 Å². The summed E-state index contributed by atoms with van der Waals surface area (Å²) in [5.74, 6) is -0.126. The Morgan fingerprint density at radius 2 is 1.48 bits per heavy atom. The van der Waals surface area contributed by atoms with Crippen LogP contribution in [0, 0.1) is 6.92 Å². The van der Waals surface area contributed by atoms with Crippen LogP contribution in [-0.2, 0) is 31.8 Å². The highest BCUT2D eigenvalue weighted by Crippen LogP contribution is 2.35. The summed E-state index contributed by atoms with van der Waals surface area (Å²) in [6.07, 6.45) is 3.80. The second-order valence-corrected chi connectivity index (χ2v) is 13.2. The largest absolute Gasteiger partial charge is 0.295 e. The van der Waals surface area contributed by atoms with Crippen LogP contribution < -0.4 is 9.62 Å². The SMILES string of the molecule is Cc1ccc(-c2nc3c(nc2-c2ccc(Cl)cc2)CCC(=O)N3CCCCCCC(=O)NS(=O)(=O)Cc2ccccc2)cc1. The number of benzene rings is 3. The standard InChI is InChI=1S/C34H35ClN4O4S/c1-24-12-14-26(15-13-24)33-32(27-16-18-28(35)19-17-27)36-29-20-21-31(41)39(34(29)37-33)22-8-3-2-7-11-30(40)38-44(42,43)23-25-9-5-4-6-10-25/h4-6,9-10,12-19H,2-3,7-8,11,20-23H2,1H3,(H,38,40). The Kier molecular flexibility index (Phi) is 10.1. The fourth-order valence-electron chi connectivity index (χ4n) is 5.24. The van der Waals surface area contributed by atoms with Crippen molar-refractivity contribution in [1.29, 1.82) is 0 Å². The van der Waals surface area contributed by atoms with Crippen LogP contribution in [0.4, 0.5) is 5.82 Å². The Labute approximate surface area is 263 Å². The van der Waals surface area contributed by atoms with Gasteiger partial charge in [0.1, 0.15) is 0 Å². The van der Waals surface area contributed by atoms with Gasteiger partial charge in [0, 0.05) is 42.0 Å². The Balaban J connectivity index is 1.21. The molecule has 0 saturated heterocycles. The summed E-state index contributed by atoms with van der Waals surface area (Å²) in [6.45, 7) is 2.52. The van der Waals surface area contributed by atoms with Crippen LogP contribution in [0.1, 0.15) is 55.3 Å². The van der Waals surface area contributed by atoms with Crippen LogP contribution in [0.2, 0.25) is 5.02 Å². The number of amides is 2. The van der Waals surface area contributed by atoms with Gasteiger partial charge in [-0.1, -0.05) is 96.7 Å². The maximum absolute atomic E-state index is 13.0. The number of hydrogen-bond acceptors (Lipinski definition) is 6. The van der Waals surface area contributed by atoms with E-state index < -0.39 is 15.9 Å². The van der Waals surface area contributed by atoms with Gasteiger partial charge in [0.2, 0.25) is 21.8 Å². The highest BCUT2D eigenvalue weighted by atomic mass is 35.5. The van der Waals surface area contributed by atoms with Crippen molar-refractivity contribution in [2.24, 2.45) is 0 Å². The molecule has 1 aromatic heterocycles. The van der Waals surface area contributed by atoms with Crippen LogP contribution in [0.15, 0.2) is 78.9 Å². The number of carbonyl (C=O) groups is 2. The number of fused-ring (bicyclic) bond motifs is 1. The Morgan fingerprint density at radius 3 is 2.18 bits per heavy atom. The van der Waals surface area contributed by atoms with Crippen molar-refractivity contribution in [2.75, 3.05) is 11.4 Å². The zero-order valence-corrected chi connectivity index (χ0v) is 26.2. The molecule has 2 amide bonds. The van der Waals surface area contributed by atoms with Crippen LogP contribution in [0.3, 0.4) is 0 Å². The number of carbonyl (C=O) groups excluding carboxylic acids is 2. The first-order valence-corrected chi connectivity index (χ1v) is 16.8. The number of nitrogens with one attached hydrogen (secondary N) is 1. The zero-order chi connectivity index (χ0) is 31.1. The molecule has 1 N–H and O–H groups in total. The number of halogens is 1. The molecule has 1 aliphatic rings. The quantitative estimate of drug-likeness (QED) is 0.176. The lowest BCUT2D eigenvalue weighted by molar-refractivity contribution is -0.120. The molecule has 0 aliphatic carbocycles. The zero-order valence-electron chi connectivity index (χ0n) is 24.6. The molecule has 0 spiro atoms. The third kappa shape index (κ3) is 8.09. The van der Waals surface area contributed by atoms with Crippen LogP contribution in [-0.4, -0.2) is 36.7 Å². The van der Waals surface area contributed by atoms with Crippen molar-refractivity contribution in [2.45, 2.75) is 57.6 Å². The minimum absolute atomic E-state index is 0.0175. The minimum Gasteiger partial charge on any atom is -0.295 e. The van der Waals surface area contributed by atoms with Crippen molar-refractivity contribution in [3.63, 3.8) is 0 Å². The van der Waals surface area contributed by atoms with Crippen molar-refractivity contribution in [1.82, 2.24) is 14.7 Å². The van der Waals surface area contributed by atoms with E-state index in [1.165, 1.54) is 0 Å². The number of anilines is 1. The lowest BCUT2D eigenvalue weighted by Gasteiger charge is -2.29. The molecule has 5 rings (SSSR count). The number of aromatic nitrogens is 2. The summed E-state index contributed by atoms with van der Waals surface area (Å²) in [4.78, 5) is 37.1. The lowest BCUT2D eigenvalue weighted by atomic mass is 10.0. The fourth-order valence-corrected chi connectivity index (χ4v) is 6.52. The van der Waals surface area contributed by atoms with Crippen molar-refractivity contribution < 1.29 is 18.0 Å². The summed E-state index contributed by atoms with van der Waals surface area (Å²) >= 11 is 6.15. The lowest BCUT2D eigenvalue weighted by Crippen LogP contribution is -2.37. The molecule has 2 heterocycles. The second-order valence-electron chi connectivity index (χ2n) is 11.0. The van der Waals surface area contributed by atoms with Gasteiger partial charge in [-0.3, -0.25) is 19.2 Å².